The van der Waals surface area contributed by atoms with Crippen LogP contribution < -0.4 is 5.73 Å². The van der Waals surface area contributed by atoms with Gasteiger partial charge in [0.15, 0.2) is 5.65 Å². The minimum absolute atomic E-state index is 0.0551. The van der Waals surface area contributed by atoms with Gasteiger partial charge in [0.1, 0.15) is 11.3 Å². The van der Waals surface area contributed by atoms with Gasteiger partial charge >= 0.3 is 0 Å². The van der Waals surface area contributed by atoms with Crippen LogP contribution in [0.25, 0.3) is 11.2 Å². The van der Waals surface area contributed by atoms with Gasteiger partial charge in [-0.05, 0) is 36.3 Å². The molecular formula is C13H18ClN5. The van der Waals surface area contributed by atoms with E-state index in [1.165, 1.54) is 25.7 Å². The lowest BCUT2D eigenvalue weighted by Crippen LogP contribution is -2.26. The predicted octanol–water partition coefficient (Wildman–Crippen LogP) is 2.83. The van der Waals surface area contributed by atoms with Crippen LogP contribution in [0.4, 0.5) is 0 Å². The summed E-state index contributed by atoms with van der Waals surface area (Å²) in [5, 5.41) is 0.214. The Labute approximate surface area is 117 Å². The summed E-state index contributed by atoms with van der Waals surface area (Å²) >= 11 is 5.76. The Morgan fingerprint density at radius 2 is 2.05 bits per heavy atom. The Bertz CT molecular complexity index is 573. The first kappa shape index (κ1) is 12.8. The molecule has 1 aliphatic carbocycles. The lowest BCUT2D eigenvalue weighted by atomic mass is 9.79. The van der Waals surface area contributed by atoms with E-state index in [0.717, 1.165) is 17.3 Å². The van der Waals surface area contributed by atoms with Crippen molar-refractivity contribution in [3.63, 3.8) is 0 Å². The second kappa shape index (κ2) is 5.06. The predicted molar refractivity (Wildman–Crippen MR) is 74.7 cm³/mol. The molecule has 5 nitrogen and oxygen atoms in total. The van der Waals surface area contributed by atoms with Gasteiger partial charge in [-0.1, -0.05) is 19.8 Å². The molecule has 0 aromatic carbocycles. The Balaban J connectivity index is 1.83. The number of halogens is 1. The van der Waals surface area contributed by atoms with Gasteiger partial charge in [-0.3, -0.25) is 0 Å². The van der Waals surface area contributed by atoms with Gasteiger partial charge in [0.2, 0.25) is 5.28 Å². The molecular weight excluding hydrogens is 262 g/mol. The molecule has 2 heterocycles. The fraction of sp³-hybridized carbons (Fsp3) is 0.615. The molecule has 1 atom stereocenters. The van der Waals surface area contributed by atoms with E-state index in [2.05, 4.69) is 26.9 Å². The fourth-order valence-electron chi connectivity index (χ4n) is 2.83. The van der Waals surface area contributed by atoms with Gasteiger partial charge in [-0.15, -0.1) is 0 Å². The van der Waals surface area contributed by atoms with Crippen LogP contribution in [0.3, 0.4) is 0 Å². The molecule has 19 heavy (non-hydrogen) atoms. The molecule has 0 amide bonds. The molecule has 1 aliphatic rings. The van der Waals surface area contributed by atoms with Crippen LogP contribution in [0.15, 0.2) is 6.20 Å². The van der Waals surface area contributed by atoms with E-state index in [-0.39, 0.29) is 11.3 Å². The molecule has 1 saturated carbocycles. The van der Waals surface area contributed by atoms with Crippen LogP contribution in [0.1, 0.15) is 44.5 Å². The second-order valence-corrected chi connectivity index (χ2v) is 5.88. The minimum Gasteiger partial charge on any atom is -0.338 e. The highest BCUT2D eigenvalue weighted by Gasteiger charge is 2.26. The maximum absolute atomic E-state index is 6.34. The molecule has 1 fully saturated rings. The summed E-state index contributed by atoms with van der Waals surface area (Å²) in [4.78, 5) is 15.7. The number of rotatable bonds is 2. The molecule has 0 spiro atoms. The summed E-state index contributed by atoms with van der Waals surface area (Å²) in [5.74, 6) is 2.12. The number of fused-ring (bicyclic) bond motifs is 1. The number of hydrogen-bond acceptors (Lipinski definition) is 4. The van der Waals surface area contributed by atoms with Crippen molar-refractivity contribution in [2.24, 2.45) is 17.6 Å². The zero-order valence-corrected chi connectivity index (χ0v) is 11.7. The zero-order chi connectivity index (χ0) is 13.4. The second-order valence-electron chi connectivity index (χ2n) is 5.54. The lowest BCUT2D eigenvalue weighted by molar-refractivity contribution is 0.252. The highest BCUT2D eigenvalue weighted by atomic mass is 35.5. The number of aromatic nitrogens is 4. The third-order valence-electron chi connectivity index (χ3n) is 4.11. The third kappa shape index (κ3) is 2.58. The van der Waals surface area contributed by atoms with Gasteiger partial charge in [0, 0.05) is 0 Å². The summed E-state index contributed by atoms with van der Waals surface area (Å²) in [5.41, 5.74) is 7.73. The molecule has 3 rings (SSSR count). The van der Waals surface area contributed by atoms with Crippen molar-refractivity contribution in [2.75, 3.05) is 0 Å². The molecule has 2 aromatic rings. The normalized spacial score (nSPS) is 25.6. The first-order valence-corrected chi connectivity index (χ1v) is 7.15. The maximum atomic E-state index is 6.34. The third-order valence-corrected chi connectivity index (χ3v) is 4.29. The fourth-order valence-corrected chi connectivity index (χ4v) is 2.96. The number of nitrogens with two attached hydrogens (primary N) is 1. The Kier molecular flexibility index (Phi) is 3.41. The summed E-state index contributed by atoms with van der Waals surface area (Å²) in [6.07, 6.45) is 6.50. The monoisotopic (exact) mass is 279 g/mol. The van der Waals surface area contributed by atoms with E-state index in [1.807, 2.05) is 0 Å². The average molecular weight is 280 g/mol. The van der Waals surface area contributed by atoms with Crippen LogP contribution >= 0.6 is 11.6 Å². The van der Waals surface area contributed by atoms with E-state index in [1.54, 1.807) is 6.20 Å². The Morgan fingerprint density at radius 1 is 1.32 bits per heavy atom. The van der Waals surface area contributed by atoms with Crippen LogP contribution in [-0.4, -0.2) is 19.9 Å². The van der Waals surface area contributed by atoms with Crippen molar-refractivity contribution in [3.05, 3.63) is 17.3 Å². The van der Waals surface area contributed by atoms with Crippen molar-refractivity contribution in [1.29, 1.82) is 0 Å². The van der Waals surface area contributed by atoms with Crippen molar-refractivity contribution >= 4 is 22.8 Å². The number of hydrogen-bond donors (Lipinski definition) is 2. The number of H-pyrrole nitrogens is 1. The van der Waals surface area contributed by atoms with Crippen molar-refractivity contribution < 1.29 is 0 Å². The standard InChI is InChI=1S/C13H18ClN5/c1-7-2-4-8(5-3-7)10(15)12-17-9-6-16-13(14)19-11(9)18-12/h6-8,10H,2-5,15H2,1H3,(H,16,17,18,19)/t7?,8?,10-/m0/s1. The van der Waals surface area contributed by atoms with Gasteiger partial charge < -0.3 is 10.7 Å². The van der Waals surface area contributed by atoms with Crippen LogP contribution in [0.2, 0.25) is 5.28 Å². The highest BCUT2D eigenvalue weighted by molar-refractivity contribution is 6.28. The Hall–Kier alpha value is -1.20. The summed E-state index contributed by atoms with van der Waals surface area (Å²) in [7, 11) is 0. The van der Waals surface area contributed by atoms with Gasteiger partial charge in [0.25, 0.3) is 0 Å². The molecule has 3 N–H and O–H groups in total. The lowest BCUT2D eigenvalue weighted by Gasteiger charge is -2.29. The largest absolute Gasteiger partial charge is 0.338 e. The molecule has 2 aromatic heterocycles. The molecule has 6 heteroatoms. The van der Waals surface area contributed by atoms with Crippen molar-refractivity contribution in [3.8, 4) is 0 Å². The summed E-state index contributed by atoms with van der Waals surface area (Å²) < 4.78 is 0. The topological polar surface area (TPSA) is 80.5 Å². The van der Waals surface area contributed by atoms with Crippen LogP contribution in [0, 0.1) is 11.8 Å². The van der Waals surface area contributed by atoms with Crippen molar-refractivity contribution in [1.82, 2.24) is 19.9 Å². The summed E-state index contributed by atoms with van der Waals surface area (Å²) in [6, 6.07) is -0.0551. The first-order chi connectivity index (χ1) is 9.13. The van der Waals surface area contributed by atoms with Crippen LogP contribution in [-0.2, 0) is 0 Å². The quantitative estimate of drug-likeness (QED) is 0.829. The highest BCUT2D eigenvalue weighted by Crippen LogP contribution is 2.34. The summed E-state index contributed by atoms with van der Waals surface area (Å²) in [6.45, 7) is 2.31. The van der Waals surface area contributed by atoms with Crippen LogP contribution in [0.5, 0.6) is 0 Å². The van der Waals surface area contributed by atoms with E-state index in [4.69, 9.17) is 17.3 Å². The van der Waals surface area contributed by atoms with Gasteiger partial charge in [-0.25, -0.2) is 9.97 Å². The molecule has 0 unspecified atom stereocenters. The molecule has 0 aliphatic heterocycles. The number of nitrogens with zero attached hydrogens (tertiary/aromatic N) is 3. The van der Waals surface area contributed by atoms with E-state index in [9.17, 15) is 0 Å². The molecule has 0 radical (unpaired) electrons. The molecule has 102 valence electrons. The zero-order valence-electron chi connectivity index (χ0n) is 10.9. The average Bonchev–Trinajstić information content (AvgIpc) is 2.81. The van der Waals surface area contributed by atoms with Gasteiger partial charge in [0.05, 0.1) is 12.2 Å². The number of imidazole rings is 1. The molecule has 0 bridgehead atoms. The van der Waals surface area contributed by atoms with E-state index < -0.39 is 0 Å². The van der Waals surface area contributed by atoms with E-state index in [0.29, 0.717) is 11.6 Å². The van der Waals surface area contributed by atoms with E-state index >= 15 is 0 Å². The number of aromatic amines is 1. The molecule has 0 saturated heterocycles. The number of nitrogens with one attached hydrogen (secondary N) is 1. The Morgan fingerprint density at radius 3 is 2.79 bits per heavy atom. The smallest absolute Gasteiger partial charge is 0.224 e. The first-order valence-electron chi connectivity index (χ1n) is 6.77. The maximum Gasteiger partial charge on any atom is 0.224 e. The van der Waals surface area contributed by atoms with Crippen molar-refractivity contribution in [2.45, 2.75) is 38.6 Å². The minimum atomic E-state index is -0.0551. The van der Waals surface area contributed by atoms with Gasteiger partial charge in [-0.2, -0.15) is 4.98 Å². The SMILES string of the molecule is CC1CCC([C@H](N)c2nc3nc(Cl)ncc3[nH]2)CC1.